The van der Waals surface area contributed by atoms with Gasteiger partial charge in [-0.15, -0.1) is 0 Å². The van der Waals surface area contributed by atoms with Crippen LogP contribution in [0.2, 0.25) is 0 Å². The van der Waals surface area contributed by atoms with Crippen molar-refractivity contribution in [3.63, 3.8) is 0 Å². The molecule has 9 nitrogen and oxygen atoms in total. The zero-order valence-corrected chi connectivity index (χ0v) is 48.5. The molecule has 0 rings (SSSR count). The van der Waals surface area contributed by atoms with Crippen molar-refractivity contribution < 1.29 is 37.3 Å². The predicted molar refractivity (Wildman–Crippen MR) is 307 cm³/mol. The zero-order valence-electron chi connectivity index (χ0n) is 47.6. The maximum absolute atomic E-state index is 13.5. The first-order valence-electron chi connectivity index (χ1n) is 29.7. The van der Waals surface area contributed by atoms with Crippen molar-refractivity contribution in [3.8, 4) is 0 Å². The van der Waals surface area contributed by atoms with E-state index in [0.29, 0.717) is 17.4 Å². The number of phosphoric ester groups is 1. The number of hydrogen-bond donors (Lipinski definition) is 1. The van der Waals surface area contributed by atoms with Gasteiger partial charge in [0.1, 0.15) is 19.3 Å². The van der Waals surface area contributed by atoms with Crippen molar-refractivity contribution in [3.05, 3.63) is 72.9 Å². The number of phosphoric acid groups is 1. The summed E-state index contributed by atoms with van der Waals surface area (Å²) in [4.78, 5) is 39.9. The average molecular weight is 1030 g/mol. The molecular formula is C62H113N2O7P. The molecule has 0 fully saturated rings. The number of rotatable bonds is 53. The number of hydrogen-bond acceptors (Lipinski definition) is 7. The van der Waals surface area contributed by atoms with Crippen molar-refractivity contribution in [2.75, 3.05) is 40.9 Å². The van der Waals surface area contributed by atoms with Crippen LogP contribution in [-0.2, 0) is 27.9 Å². The van der Waals surface area contributed by atoms with E-state index in [2.05, 4.69) is 86.8 Å². The highest BCUT2D eigenvalue weighted by molar-refractivity contribution is 7.45. The highest BCUT2D eigenvalue weighted by atomic mass is 31.2. The van der Waals surface area contributed by atoms with E-state index in [-0.39, 0.29) is 31.3 Å². The van der Waals surface area contributed by atoms with E-state index in [1.54, 1.807) is 0 Å². The van der Waals surface area contributed by atoms with Crippen LogP contribution in [0.3, 0.4) is 0 Å². The number of amides is 1. The summed E-state index contributed by atoms with van der Waals surface area (Å²) in [5, 5.41) is 2.99. The fourth-order valence-corrected chi connectivity index (χ4v) is 9.05. The Labute approximate surface area is 444 Å². The minimum atomic E-state index is -4.71. The Morgan fingerprint density at radius 2 is 0.903 bits per heavy atom. The van der Waals surface area contributed by atoms with Gasteiger partial charge in [-0.3, -0.25) is 14.2 Å². The first-order valence-corrected chi connectivity index (χ1v) is 31.2. The first-order chi connectivity index (χ1) is 34.9. The van der Waals surface area contributed by atoms with Crippen LogP contribution in [0, 0.1) is 0 Å². The molecule has 0 spiro atoms. The first kappa shape index (κ1) is 69.5. The molecule has 0 aromatic carbocycles. The molecule has 0 radical (unpaired) electrons. The number of carbonyl (C=O) groups is 2. The summed E-state index contributed by atoms with van der Waals surface area (Å²) in [6.45, 7) is 6.69. The fraction of sp³-hybridized carbons (Fsp3) is 0.774. The molecule has 0 aliphatic heterocycles. The molecule has 0 bridgehead atoms. The number of unbranched alkanes of at least 4 members (excludes halogenated alkanes) is 27. The monoisotopic (exact) mass is 1030 g/mol. The summed E-state index contributed by atoms with van der Waals surface area (Å²) in [7, 11) is 1.15. The van der Waals surface area contributed by atoms with Gasteiger partial charge in [-0.2, -0.15) is 0 Å². The number of quaternary nitrogens is 1. The average Bonchev–Trinajstić information content (AvgIpc) is 3.34. The van der Waals surface area contributed by atoms with Gasteiger partial charge in [0.25, 0.3) is 7.82 Å². The molecule has 1 N–H and O–H groups in total. The topological polar surface area (TPSA) is 114 Å². The van der Waals surface area contributed by atoms with Gasteiger partial charge in [-0.25, -0.2) is 0 Å². The molecule has 0 saturated heterocycles. The maximum atomic E-state index is 13.5. The maximum Gasteiger partial charge on any atom is 0.306 e. The Balaban J connectivity index is 5.39. The van der Waals surface area contributed by atoms with E-state index in [1.165, 1.54) is 141 Å². The summed E-state index contributed by atoms with van der Waals surface area (Å²) in [6.07, 6.45) is 65.9. The second-order valence-corrected chi connectivity index (χ2v) is 22.5. The second-order valence-electron chi connectivity index (χ2n) is 21.1. The Morgan fingerprint density at radius 3 is 1.35 bits per heavy atom. The zero-order chi connectivity index (χ0) is 52.9. The van der Waals surface area contributed by atoms with Crippen molar-refractivity contribution in [1.29, 1.82) is 0 Å². The van der Waals surface area contributed by atoms with E-state index < -0.39 is 26.6 Å². The van der Waals surface area contributed by atoms with Crippen LogP contribution in [0.4, 0.5) is 0 Å². The summed E-state index contributed by atoms with van der Waals surface area (Å²) >= 11 is 0. The third-order valence-electron chi connectivity index (χ3n) is 12.9. The van der Waals surface area contributed by atoms with Gasteiger partial charge in [-0.1, -0.05) is 248 Å². The van der Waals surface area contributed by atoms with Gasteiger partial charge < -0.3 is 28.5 Å². The number of allylic oxidation sites excluding steroid dienone is 11. The van der Waals surface area contributed by atoms with E-state index in [4.69, 9.17) is 13.8 Å². The lowest BCUT2D eigenvalue weighted by Crippen LogP contribution is -2.47. The van der Waals surface area contributed by atoms with Crippen LogP contribution in [0.1, 0.15) is 258 Å². The Morgan fingerprint density at radius 1 is 0.500 bits per heavy atom. The van der Waals surface area contributed by atoms with Crippen molar-refractivity contribution in [1.82, 2.24) is 5.32 Å². The van der Waals surface area contributed by atoms with Crippen LogP contribution in [0.15, 0.2) is 72.9 Å². The minimum absolute atomic E-state index is 0.0341. The SMILES string of the molecule is CC/C=C\C/C=C\C/C=C\C/C=C\C/C=C\CCCC(=O)NC(COP(=O)([O-])OCC[N+](C)(C)C)C(/C=C/CCCCCCCCCCCC)OC(=O)CCCCCCCCCCCCCCCCCCC. The lowest BCUT2D eigenvalue weighted by Gasteiger charge is -2.30. The van der Waals surface area contributed by atoms with Crippen molar-refractivity contribution in [2.24, 2.45) is 0 Å². The van der Waals surface area contributed by atoms with Crippen LogP contribution in [-0.4, -0.2) is 69.4 Å². The molecule has 0 saturated carbocycles. The van der Waals surface area contributed by atoms with Crippen molar-refractivity contribution in [2.45, 2.75) is 270 Å². The number of nitrogens with one attached hydrogen (secondary N) is 1. The molecule has 0 aromatic heterocycles. The molecule has 3 unspecified atom stereocenters. The van der Waals surface area contributed by atoms with Gasteiger partial charge in [-0.05, 0) is 70.3 Å². The number of carbonyl (C=O) groups excluding carboxylic acids is 2. The van der Waals surface area contributed by atoms with Gasteiger partial charge in [0.05, 0.1) is 33.8 Å². The fourth-order valence-electron chi connectivity index (χ4n) is 8.32. The van der Waals surface area contributed by atoms with E-state index in [9.17, 15) is 19.0 Å². The van der Waals surface area contributed by atoms with Crippen LogP contribution >= 0.6 is 7.82 Å². The quantitative estimate of drug-likeness (QED) is 0.0212. The standard InChI is InChI=1S/C62H113N2O7P/c1-7-10-13-16-19-22-25-28-30-32-34-36-39-42-45-48-51-54-61(65)63-59(58-70-72(67,68)69-57-56-64(4,5)6)60(53-50-47-44-41-38-27-24-21-18-15-12-9-3)71-62(66)55-52-49-46-43-40-37-35-33-31-29-26-23-20-17-14-11-8-2/h10,13,19,22,28,30,34,36,42,45,50,53,59-60H,7-9,11-12,14-18,20-21,23-27,29,31-33,35,37-41,43-44,46-49,51-52,54-58H2,1-6H3,(H-,63,65,67,68)/b13-10-,22-19-,30-28-,36-34-,45-42-,53-50+. The number of likely N-dealkylation sites (N-methyl/N-ethyl adjacent to an activating group) is 1. The van der Waals surface area contributed by atoms with E-state index >= 15 is 0 Å². The third-order valence-corrected chi connectivity index (χ3v) is 13.9. The van der Waals surface area contributed by atoms with E-state index in [1.807, 2.05) is 33.3 Å². The molecule has 72 heavy (non-hydrogen) atoms. The normalized spacial score (nSPS) is 14.3. The van der Waals surface area contributed by atoms with Crippen LogP contribution in [0.5, 0.6) is 0 Å². The lowest BCUT2D eigenvalue weighted by atomic mass is 10.0. The molecule has 0 heterocycles. The molecule has 3 atom stereocenters. The minimum Gasteiger partial charge on any atom is -0.756 e. The highest BCUT2D eigenvalue weighted by Gasteiger charge is 2.27. The molecule has 10 heteroatoms. The van der Waals surface area contributed by atoms with Gasteiger partial charge >= 0.3 is 5.97 Å². The molecule has 418 valence electrons. The Kier molecular flexibility index (Phi) is 50.1. The summed E-state index contributed by atoms with van der Waals surface area (Å²) in [5.74, 6) is -0.605. The lowest BCUT2D eigenvalue weighted by molar-refractivity contribution is -0.870. The largest absolute Gasteiger partial charge is 0.756 e. The predicted octanol–water partition coefficient (Wildman–Crippen LogP) is 17.4. The number of ether oxygens (including phenoxy) is 1. The Bertz CT molecular complexity index is 1460. The second kappa shape index (κ2) is 51.9. The van der Waals surface area contributed by atoms with Gasteiger partial charge in [0.15, 0.2) is 0 Å². The van der Waals surface area contributed by atoms with Crippen LogP contribution < -0.4 is 10.2 Å². The summed E-state index contributed by atoms with van der Waals surface area (Å²) in [5.41, 5.74) is 0. The Hall–Kier alpha value is -2.55. The highest BCUT2D eigenvalue weighted by Crippen LogP contribution is 2.38. The molecule has 1 amide bonds. The summed E-state index contributed by atoms with van der Waals surface area (Å²) < 4.78 is 30.2. The number of esters is 1. The van der Waals surface area contributed by atoms with E-state index in [0.717, 1.165) is 77.0 Å². The third kappa shape index (κ3) is 52.3. The van der Waals surface area contributed by atoms with Crippen LogP contribution in [0.25, 0.3) is 0 Å². The van der Waals surface area contributed by atoms with Gasteiger partial charge in [0.2, 0.25) is 5.91 Å². The number of nitrogens with zero attached hydrogens (tertiary/aromatic N) is 1. The van der Waals surface area contributed by atoms with Gasteiger partial charge in [0, 0.05) is 12.8 Å². The van der Waals surface area contributed by atoms with Crippen molar-refractivity contribution >= 4 is 19.7 Å². The molecule has 0 aliphatic carbocycles. The smallest absolute Gasteiger partial charge is 0.306 e. The summed E-state index contributed by atoms with van der Waals surface area (Å²) in [6, 6.07) is -0.918. The molecular weight excluding hydrogens is 916 g/mol. The molecule has 0 aliphatic rings. The molecule has 0 aromatic rings.